The fraction of sp³-hybridized carbons (Fsp3) is 0.375. The van der Waals surface area contributed by atoms with Gasteiger partial charge in [0.1, 0.15) is 11.6 Å². The van der Waals surface area contributed by atoms with Crippen molar-refractivity contribution in [1.29, 1.82) is 0 Å². The van der Waals surface area contributed by atoms with Crippen molar-refractivity contribution in [2.45, 2.75) is 26.3 Å². The molecule has 112 valence electrons. The summed E-state index contributed by atoms with van der Waals surface area (Å²) in [7, 11) is 1.33. The van der Waals surface area contributed by atoms with E-state index in [1.165, 1.54) is 7.11 Å². The third-order valence-electron chi connectivity index (χ3n) is 2.75. The number of carbonyl (C=O) groups excluding carboxylic acids is 1. The molecule has 0 bridgehead atoms. The van der Waals surface area contributed by atoms with Gasteiger partial charge in [-0.25, -0.2) is 9.78 Å². The fourth-order valence-corrected chi connectivity index (χ4v) is 1.85. The number of esters is 1. The molecular weight excluding hydrogens is 268 g/mol. The van der Waals surface area contributed by atoms with Crippen molar-refractivity contribution in [2.24, 2.45) is 0 Å². The molecule has 1 N–H and O–H groups in total. The minimum atomic E-state index is -0.405. The number of nitrogens with one attached hydrogen (secondary N) is 1. The van der Waals surface area contributed by atoms with E-state index in [2.05, 4.69) is 35.8 Å². The normalized spacial score (nSPS) is 11.2. The highest BCUT2D eigenvalue weighted by atomic mass is 16.6. The molecule has 0 fully saturated rings. The van der Waals surface area contributed by atoms with E-state index in [0.29, 0.717) is 5.75 Å². The number of nitrogens with zero attached hydrogens (tertiary/aromatic N) is 1. The lowest BCUT2D eigenvalue weighted by molar-refractivity contribution is -0.142. The molecule has 0 amide bonds. The van der Waals surface area contributed by atoms with E-state index >= 15 is 0 Å². The molecule has 0 saturated carbocycles. The van der Waals surface area contributed by atoms with E-state index in [1.54, 1.807) is 6.07 Å². The van der Waals surface area contributed by atoms with E-state index in [-0.39, 0.29) is 12.1 Å². The number of anilines is 1. The molecule has 0 atom stereocenters. The first-order valence-corrected chi connectivity index (χ1v) is 6.76. The van der Waals surface area contributed by atoms with Crippen molar-refractivity contribution in [3.8, 4) is 5.75 Å². The number of pyridine rings is 1. The Balaban J connectivity index is 2.17. The minimum Gasteiger partial charge on any atom is -0.482 e. The van der Waals surface area contributed by atoms with Gasteiger partial charge in [0.2, 0.25) is 0 Å². The Labute approximate surface area is 124 Å². The number of hydrogen-bond acceptors (Lipinski definition) is 5. The van der Waals surface area contributed by atoms with Gasteiger partial charge < -0.3 is 14.8 Å². The van der Waals surface area contributed by atoms with Crippen molar-refractivity contribution in [3.63, 3.8) is 0 Å². The Kier molecular flexibility index (Phi) is 4.31. The van der Waals surface area contributed by atoms with Gasteiger partial charge in [-0.1, -0.05) is 0 Å². The monoisotopic (exact) mass is 288 g/mol. The first-order chi connectivity index (χ1) is 9.87. The standard InChI is InChI=1S/C16H20N2O3/c1-16(2,3)18-14-8-5-11-9-12(6-7-13(11)17-14)21-10-15(19)20-4/h5-9H,10H2,1-4H3,(H,17,18). The highest BCUT2D eigenvalue weighted by Crippen LogP contribution is 2.22. The van der Waals surface area contributed by atoms with Crippen LogP contribution in [0.3, 0.4) is 0 Å². The first-order valence-electron chi connectivity index (χ1n) is 6.76. The van der Waals surface area contributed by atoms with Crippen LogP contribution in [0.4, 0.5) is 5.82 Å². The molecule has 0 radical (unpaired) electrons. The number of carbonyl (C=O) groups is 1. The molecule has 0 aliphatic rings. The summed E-state index contributed by atoms with van der Waals surface area (Å²) in [5.74, 6) is 1.04. The van der Waals surface area contributed by atoms with Gasteiger partial charge in [0.05, 0.1) is 12.6 Å². The van der Waals surface area contributed by atoms with Crippen molar-refractivity contribution in [2.75, 3.05) is 19.0 Å². The molecule has 1 aromatic heterocycles. The molecule has 0 aliphatic carbocycles. The number of hydrogen-bond donors (Lipinski definition) is 1. The minimum absolute atomic E-state index is 0.0375. The topological polar surface area (TPSA) is 60.5 Å². The molecule has 0 saturated heterocycles. The molecule has 1 heterocycles. The van der Waals surface area contributed by atoms with Crippen LogP contribution < -0.4 is 10.1 Å². The van der Waals surface area contributed by atoms with Crippen LogP contribution in [0.1, 0.15) is 20.8 Å². The predicted octanol–water partition coefficient (Wildman–Crippen LogP) is 3.00. The molecule has 0 spiro atoms. The van der Waals surface area contributed by atoms with Crippen LogP contribution in [0.25, 0.3) is 10.9 Å². The maximum Gasteiger partial charge on any atom is 0.343 e. The average Bonchev–Trinajstić information content (AvgIpc) is 2.42. The van der Waals surface area contributed by atoms with Crippen molar-refractivity contribution in [1.82, 2.24) is 4.98 Å². The second-order valence-corrected chi connectivity index (χ2v) is 5.79. The number of methoxy groups -OCH3 is 1. The fourth-order valence-electron chi connectivity index (χ4n) is 1.85. The zero-order valence-electron chi connectivity index (χ0n) is 12.8. The van der Waals surface area contributed by atoms with Crippen molar-refractivity contribution in [3.05, 3.63) is 30.3 Å². The smallest absolute Gasteiger partial charge is 0.343 e. The molecule has 0 aliphatic heterocycles. The molecule has 2 rings (SSSR count). The Bertz CT molecular complexity index is 648. The maximum atomic E-state index is 11.1. The summed E-state index contributed by atoms with van der Waals surface area (Å²) in [5, 5.41) is 4.29. The summed E-state index contributed by atoms with van der Waals surface area (Å²) in [6, 6.07) is 9.42. The predicted molar refractivity (Wildman–Crippen MR) is 82.6 cm³/mol. The van der Waals surface area contributed by atoms with E-state index < -0.39 is 5.97 Å². The van der Waals surface area contributed by atoms with Crippen LogP contribution in [0.2, 0.25) is 0 Å². The van der Waals surface area contributed by atoms with Crippen LogP contribution in [-0.4, -0.2) is 30.2 Å². The lowest BCUT2D eigenvalue weighted by Gasteiger charge is -2.21. The highest BCUT2D eigenvalue weighted by Gasteiger charge is 2.10. The van der Waals surface area contributed by atoms with E-state index in [9.17, 15) is 4.79 Å². The second kappa shape index (κ2) is 5.99. The van der Waals surface area contributed by atoms with Crippen LogP contribution in [-0.2, 0) is 9.53 Å². The Hall–Kier alpha value is -2.30. The van der Waals surface area contributed by atoms with Gasteiger partial charge in [-0.2, -0.15) is 0 Å². The molecule has 1 aromatic carbocycles. The molecule has 0 unspecified atom stereocenters. The van der Waals surface area contributed by atoms with Gasteiger partial charge >= 0.3 is 5.97 Å². The zero-order valence-corrected chi connectivity index (χ0v) is 12.8. The molecular formula is C16H20N2O3. The van der Waals surface area contributed by atoms with Gasteiger partial charge in [-0.15, -0.1) is 0 Å². The van der Waals surface area contributed by atoms with Crippen LogP contribution in [0.5, 0.6) is 5.75 Å². The third kappa shape index (κ3) is 4.34. The van der Waals surface area contributed by atoms with E-state index in [0.717, 1.165) is 16.7 Å². The summed E-state index contributed by atoms with van der Waals surface area (Å²) >= 11 is 0. The number of rotatable bonds is 4. The molecule has 5 nitrogen and oxygen atoms in total. The Morgan fingerprint density at radius 1 is 1.24 bits per heavy atom. The molecule has 21 heavy (non-hydrogen) atoms. The van der Waals surface area contributed by atoms with Crippen molar-refractivity contribution >= 4 is 22.7 Å². The van der Waals surface area contributed by atoms with Gasteiger partial charge in [0, 0.05) is 10.9 Å². The summed E-state index contributed by atoms with van der Waals surface area (Å²) < 4.78 is 9.90. The van der Waals surface area contributed by atoms with Crippen molar-refractivity contribution < 1.29 is 14.3 Å². The summed E-state index contributed by atoms with van der Waals surface area (Å²) in [4.78, 5) is 15.6. The summed E-state index contributed by atoms with van der Waals surface area (Å²) in [5.41, 5.74) is 0.833. The van der Waals surface area contributed by atoms with E-state index in [4.69, 9.17) is 4.74 Å². The third-order valence-corrected chi connectivity index (χ3v) is 2.75. The van der Waals surface area contributed by atoms with Gasteiger partial charge in [0.25, 0.3) is 0 Å². The maximum absolute atomic E-state index is 11.1. The van der Waals surface area contributed by atoms with E-state index in [1.807, 2.05) is 24.3 Å². The first kappa shape index (κ1) is 15.1. The highest BCUT2D eigenvalue weighted by molar-refractivity contribution is 5.82. The largest absolute Gasteiger partial charge is 0.482 e. The van der Waals surface area contributed by atoms with Crippen LogP contribution >= 0.6 is 0 Å². The van der Waals surface area contributed by atoms with Crippen LogP contribution in [0.15, 0.2) is 30.3 Å². The zero-order chi connectivity index (χ0) is 15.5. The second-order valence-electron chi connectivity index (χ2n) is 5.79. The Morgan fingerprint density at radius 3 is 2.67 bits per heavy atom. The lowest BCUT2D eigenvalue weighted by Crippen LogP contribution is -2.26. The SMILES string of the molecule is COC(=O)COc1ccc2nc(NC(C)(C)C)ccc2c1. The molecule has 2 aromatic rings. The lowest BCUT2D eigenvalue weighted by atomic mass is 10.1. The number of aromatic nitrogens is 1. The average molecular weight is 288 g/mol. The van der Waals surface area contributed by atoms with Gasteiger partial charge in [-0.3, -0.25) is 0 Å². The van der Waals surface area contributed by atoms with Crippen LogP contribution in [0, 0.1) is 0 Å². The quantitative estimate of drug-likeness (QED) is 0.876. The van der Waals surface area contributed by atoms with Gasteiger partial charge in [-0.05, 0) is 51.1 Å². The Morgan fingerprint density at radius 2 is 2.00 bits per heavy atom. The number of ether oxygens (including phenoxy) is 2. The number of fused-ring (bicyclic) bond motifs is 1. The molecule has 5 heteroatoms. The summed E-state index contributed by atoms with van der Waals surface area (Å²) in [6.07, 6.45) is 0. The van der Waals surface area contributed by atoms with Gasteiger partial charge in [0.15, 0.2) is 6.61 Å². The summed E-state index contributed by atoms with van der Waals surface area (Å²) in [6.45, 7) is 6.16. The number of benzene rings is 1.